The summed E-state index contributed by atoms with van der Waals surface area (Å²) in [5.41, 5.74) is 0. The molecule has 0 aliphatic heterocycles. The monoisotopic (exact) mass is 1020 g/mol. The van der Waals surface area contributed by atoms with Crippen LogP contribution in [0.1, 0.15) is 329 Å². The van der Waals surface area contributed by atoms with Crippen LogP contribution in [0, 0.1) is 0 Å². The highest BCUT2D eigenvalue weighted by molar-refractivity contribution is 5.71. The molecule has 0 heterocycles. The van der Waals surface area contributed by atoms with Crippen molar-refractivity contribution in [3.8, 4) is 0 Å². The number of rotatable bonds is 58. The lowest BCUT2D eigenvalue weighted by Gasteiger charge is -2.18. The van der Waals surface area contributed by atoms with Crippen molar-refractivity contribution < 1.29 is 28.6 Å². The largest absolute Gasteiger partial charge is 0.462 e. The fourth-order valence-electron chi connectivity index (χ4n) is 9.25. The first kappa shape index (κ1) is 70.1. The Balaban J connectivity index is 4.22. The molecule has 0 saturated carbocycles. The third-order valence-corrected chi connectivity index (χ3v) is 14.0. The molecular formula is C67H120O6. The summed E-state index contributed by atoms with van der Waals surface area (Å²) >= 11 is 0. The van der Waals surface area contributed by atoms with Crippen molar-refractivity contribution in [3.05, 3.63) is 60.8 Å². The van der Waals surface area contributed by atoms with Crippen LogP contribution in [0.25, 0.3) is 0 Å². The van der Waals surface area contributed by atoms with Crippen LogP contribution in [-0.2, 0) is 28.6 Å². The van der Waals surface area contributed by atoms with Crippen molar-refractivity contribution in [1.29, 1.82) is 0 Å². The van der Waals surface area contributed by atoms with E-state index >= 15 is 0 Å². The van der Waals surface area contributed by atoms with Crippen molar-refractivity contribution >= 4 is 17.9 Å². The Morgan fingerprint density at radius 1 is 0.288 bits per heavy atom. The van der Waals surface area contributed by atoms with Crippen LogP contribution in [0.5, 0.6) is 0 Å². The summed E-state index contributed by atoms with van der Waals surface area (Å²) in [5.74, 6) is -0.865. The standard InChI is InChI=1S/C67H120O6/c1-4-7-10-13-16-19-22-25-27-29-30-31-32-33-34-35-36-37-38-39-41-42-45-48-51-54-57-60-66(69)72-63-64(62-71-65(68)59-56-53-50-47-44-24-21-18-15-12-9-6-3)73-67(70)61-58-55-52-49-46-43-40-28-26-23-20-17-14-11-8-5-2/h7,10,16,19,25,27-28,30-31,40,64H,4-6,8-9,11-15,17-18,20-24,26,29,32-39,41-63H2,1-3H3/b10-7-,19-16-,27-25-,31-30-,40-28-. The molecule has 0 rings (SSSR count). The second kappa shape index (κ2) is 61.7. The number of carbonyl (C=O) groups excluding carboxylic acids is 3. The fourth-order valence-corrected chi connectivity index (χ4v) is 9.25. The van der Waals surface area contributed by atoms with Crippen molar-refractivity contribution in [2.45, 2.75) is 335 Å². The molecule has 0 aromatic rings. The average molecular weight is 1020 g/mol. The van der Waals surface area contributed by atoms with Gasteiger partial charge in [-0.3, -0.25) is 14.4 Å². The Morgan fingerprint density at radius 3 is 0.849 bits per heavy atom. The van der Waals surface area contributed by atoms with Crippen LogP contribution in [0.2, 0.25) is 0 Å². The van der Waals surface area contributed by atoms with Crippen LogP contribution < -0.4 is 0 Å². The number of hydrogen-bond acceptors (Lipinski definition) is 6. The summed E-state index contributed by atoms with van der Waals surface area (Å²) in [6.07, 6.45) is 78.0. The number of carbonyl (C=O) groups is 3. The van der Waals surface area contributed by atoms with Gasteiger partial charge in [0, 0.05) is 19.3 Å². The predicted octanol–water partition coefficient (Wildman–Crippen LogP) is 21.6. The van der Waals surface area contributed by atoms with E-state index in [9.17, 15) is 14.4 Å². The van der Waals surface area contributed by atoms with Gasteiger partial charge in [-0.05, 0) is 83.5 Å². The molecule has 0 radical (unpaired) electrons. The first-order valence-electron chi connectivity index (χ1n) is 31.8. The first-order chi connectivity index (χ1) is 36.0. The van der Waals surface area contributed by atoms with Gasteiger partial charge in [0.05, 0.1) is 0 Å². The van der Waals surface area contributed by atoms with Gasteiger partial charge >= 0.3 is 17.9 Å². The van der Waals surface area contributed by atoms with Crippen LogP contribution in [0.15, 0.2) is 60.8 Å². The molecule has 0 aliphatic rings. The molecule has 6 heteroatoms. The maximum Gasteiger partial charge on any atom is 0.306 e. The molecule has 0 spiro atoms. The van der Waals surface area contributed by atoms with Gasteiger partial charge in [0.15, 0.2) is 6.10 Å². The minimum absolute atomic E-state index is 0.0731. The molecule has 73 heavy (non-hydrogen) atoms. The highest BCUT2D eigenvalue weighted by atomic mass is 16.6. The van der Waals surface area contributed by atoms with E-state index in [0.717, 1.165) is 89.9 Å². The van der Waals surface area contributed by atoms with Crippen LogP contribution in [0.3, 0.4) is 0 Å². The molecule has 424 valence electrons. The van der Waals surface area contributed by atoms with Crippen molar-refractivity contribution in [3.63, 3.8) is 0 Å². The lowest BCUT2D eigenvalue weighted by atomic mass is 10.0. The summed E-state index contributed by atoms with van der Waals surface area (Å²) in [6.45, 7) is 6.56. The molecule has 0 N–H and O–H groups in total. The zero-order chi connectivity index (χ0) is 52.9. The Morgan fingerprint density at radius 2 is 0.534 bits per heavy atom. The van der Waals surface area contributed by atoms with E-state index in [1.807, 2.05) is 0 Å². The van der Waals surface area contributed by atoms with Crippen molar-refractivity contribution in [2.75, 3.05) is 13.2 Å². The highest BCUT2D eigenvalue weighted by Crippen LogP contribution is 2.17. The number of allylic oxidation sites excluding steroid dienone is 10. The molecule has 0 aliphatic carbocycles. The van der Waals surface area contributed by atoms with E-state index in [1.165, 1.54) is 199 Å². The fraction of sp³-hybridized carbons (Fsp3) is 0.806. The Hall–Kier alpha value is -2.89. The molecular weight excluding hydrogens is 901 g/mol. The zero-order valence-corrected chi connectivity index (χ0v) is 48.7. The Kier molecular flexibility index (Phi) is 59.2. The van der Waals surface area contributed by atoms with Gasteiger partial charge in [0.25, 0.3) is 0 Å². The summed E-state index contributed by atoms with van der Waals surface area (Å²) < 4.78 is 16.9. The topological polar surface area (TPSA) is 78.9 Å². The molecule has 0 amide bonds. The Bertz CT molecular complexity index is 1310. The molecule has 0 bridgehead atoms. The summed E-state index contributed by atoms with van der Waals surface area (Å²) in [5, 5.41) is 0. The highest BCUT2D eigenvalue weighted by Gasteiger charge is 2.19. The second-order valence-electron chi connectivity index (χ2n) is 21.3. The average Bonchev–Trinajstić information content (AvgIpc) is 3.39. The predicted molar refractivity (Wildman–Crippen MR) is 316 cm³/mol. The number of hydrogen-bond donors (Lipinski definition) is 0. The summed E-state index contributed by atoms with van der Waals surface area (Å²) in [6, 6.07) is 0. The second-order valence-corrected chi connectivity index (χ2v) is 21.3. The SMILES string of the molecule is CC/C=C\C/C=C\C/C=C\C/C=C\CCCCCCCCCCCCCCCCC(=O)OCC(COC(=O)CCCCCCCCCCCCCC)OC(=O)CCCCCCC/C=C\CCCCCCCCC. The lowest BCUT2D eigenvalue weighted by Crippen LogP contribution is -2.30. The normalized spacial score (nSPS) is 12.4. The van der Waals surface area contributed by atoms with E-state index in [0.29, 0.717) is 19.3 Å². The van der Waals surface area contributed by atoms with Crippen LogP contribution >= 0.6 is 0 Å². The minimum Gasteiger partial charge on any atom is -0.462 e. The number of esters is 3. The molecule has 1 unspecified atom stereocenters. The van der Waals surface area contributed by atoms with Crippen molar-refractivity contribution in [1.82, 2.24) is 0 Å². The quantitative estimate of drug-likeness (QED) is 0.0261. The molecule has 0 fully saturated rings. The first-order valence-corrected chi connectivity index (χ1v) is 31.8. The maximum atomic E-state index is 12.9. The molecule has 0 saturated heterocycles. The summed E-state index contributed by atoms with van der Waals surface area (Å²) in [4.78, 5) is 38.2. The Labute approximate surface area is 453 Å². The van der Waals surface area contributed by atoms with E-state index in [2.05, 4.69) is 81.5 Å². The van der Waals surface area contributed by atoms with Gasteiger partial charge in [0.2, 0.25) is 0 Å². The third-order valence-electron chi connectivity index (χ3n) is 14.0. The van der Waals surface area contributed by atoms with Crippen LogP contribution in [-0.4, -0.2) is 37.2 Å². The number of unbranched alkanes of at least 4 members (excludes halogenated alkanes) is 37. The van der Waals surface area contributed by atoms with E-state index in [4.69, 9.17) is 14.2 Å². The molecule has 1 atom stereocenters. The van der Waals surface area contributed by atoms with E-state index in [-0.39, 0.29) is 31.1 Å². The summed E-state index contributed by atoms with van der Waals surface area (Å²) in [7, 11) is 0. The maximum absolute atomic E-state index is 12.9. The van der Waals surface area contributed by atoms with Gasteiger partial charge in [-0.15, -0.1) is 0 Å². The minimum atomic E-state index is -0.776. The van der Waals surface area contributed by atoms with Gasteiger partial charge in [-0.2, -0.15) is 0 Å². The molecule has 0 aromatic carbocycles. The van der Waals surface area contributed by atoms with E-state index in [1.54, 1.807) is 0 Å². The third kappa shape index (κ3) is 59.9. The molecule has 0 aromatic heterocycles. The zero-order valence-electron chi connectivity index (χ0n) is 48.7. The van der Waals surface area contributed by atoms with Gasteiger partial charge in [0.1, 0.15) is 13.2 Å². The van der Waals surface area contributed by atoms with Crippen LogP contribution in [0.4, 0.5) is 0 Å². The smallest absolute Gasteiger partial charge is 0.306 e. The van der Waals surface area contributed by atoms with Gasteiger partial charge < -0.3 is 14.2 Å². The number of ether oxygens (including phenoxy) is 3. The van der Waals surface area contributed by atoms with Gasteiger partial charge in [-0.1, -0.05) is 287 Å². The molecule has 6 nitrogen and oxygen atoms in total. The van der Waals surface area contributed by atoms with E-state index < -0.39 is 6.10 Å². The van der Waals surface area contributed by atoms with Crippen molar-refractivity contribution in [2.24, 2.45) is 0 Å². The van der Waals surface area contributed by atoms with Gasteiger partial charge in [-0.25, -0.2) is 0 Å². The lowest BCUT2D eigenvalue weighted by molar-refractivity contribution is -0.167.